The van der Waals surface area contributed by atoms with Crippen molar-refractivity contribution in [1.29, 1.82) is 0 Å². The molecule has 0 heterocycles. The number of methoxy groups -OCH3 is 1. The second kappa shape index (κ2) is 14.3. The Morgan fingerprint density at radius 3 is 2.07 bits per heavy atom. The van der Waals surface area contributed by atoms with E-state index < -0.39 is 41.0 Å². The van der Waals surface area contributed by atoms with Gasteiger partial charge in [0, 0.05) is 23.7 Å². The molecule has 0 spiro atoms. The summed E-state index contributed by atoms with van der Waals surface area (Å²) in [4.78, 5) is 42.1. The molecule has 3 N–H and O–H groups in total. The number of ketones is 1. The van der Waals surface area contributed by atoms with Crippen LogP contribution >= 0.6 is 0 Å². The van der Waals surface area contributed by atoms with Gasteiger partial charge in [0.15, 0.2) is 11.5 Å². The third kappa shape index (κ3) is 7.39. The predicted octanol–water partition coefficient (Wildman–Crippen LogP) is 6.82. The van der Waals surface area contributed by atoms with Gasteiger partial charge in [-0.2, -0.15) is 0 Å². The number of aliphatic hydroxyl groups is 1. The van der Waals surface area contributed by atoms with Crippen LogP contribution in [0.25, 0.3) is 0 Å². The molecule has 1 aliphatic rings. The molecule has 45 heavy (non-hydrogen) atoms. The smallest absolute Gasteiger partial charge is 0.235 e. The Hall–Kier alpha value is -4.17. The van der Waals surface area contributed by atoms with Crippen molar-refractivity contribution in [2.24, 2.45) is 11.8 Å². The summed E-state index contributed by atoms with van der Waals surface area (Å²) in [5, 5.41) is 17.7. The van der Waals surface area contributed by atoms with Gasteiger partial charge < -0.3 is 25.2 Å². The van der Waals surface area contributed by atoms with Gasteiger partial charge in [-0.15, -0.1) is 0 Å². The molecule has 4 atom stereocenters. The van der Waals surface area contributed by atoms with Crippen molar-refractivity contribution in [3.63, 3.8) is 0 Å². The molecule has 8 nitrogen and oxygen atoms in total. The number of Topliss-reactive ketones (excluding diaryl/α,β-unsaturated/α-hetero) is 1. The molecule has 4 rings (SSSR count). The number of anilines is 2. The lowest BCUT2D eigenvalue weighted by Crippen LogP contribution is -2.56. The van der Waals surface area contributed by atoms with E-state index in [1.807, 2.05) is 52.0 Å². The molecule has 0 bridgehead atoms. The van der Waals surface area contributed by atoms with Crippen molar-refractivity contribution < 1.29 is 29.0 Å². The second-order valence-corrected chi connectivity index (χ2v) is 12.4. The van der Waals surface area contributed by atoms with Gasteiger partial charge in [-0.25, -0.2) is 0 Å². The maximum absolute atomic E-state index is 14.2. The van der Waals surface area contributed by atoms with Gasteiger partial charge in [0.2, 0.25) is 11.8 Å². The lowest BCUT2D eigenvalue weighted by atomic mass is 9.61. The SMILES string of the molecule is CCCCCOc1ccc(C2C(C(=O)Nc3cccc(C)c3C)C(=O)CC(C)(O)C2C(=O)Nc2cccc(C)c2C)cc1OC. The number of hydrogen-bond donors (Lipinski definition) is 3. The Balaban J connectivity index is 1.81. The first-order chi connectivity index (χ1) is 21.4. The molecule has 0 saturated heterocycles. The summed E-state index contributed by atoms with van der Waals surface area (Å²) in [6.45, 7) is 11.8. The Morgan fingerprint density at radius 1 is 0.889 bits per heavy atom. The first kappa shape index (κ1) is 33.7. The van der Waals surface area contributed by atoms with Gasteiger partial charge >= 0.3 is 0 Å². The number of nitrogens with one attached hydrogen (secondary N) is 2. The minimum Gasteiger partial charge on any atom is -0.493 e. The molecule has 2 amide bonds. The highest BCUT2D eigenvalue weighted by atomic mass is 16.5. The Labute approximate surface area is 266 Å². The largest absolute Gasteiger partial charge is 0.493 e. The maximum Gasteiger partial charge on any atom is 0.235 e. The zero-order chi connectivity index (χ0) is 32.9. The van der Waals surface area contributed by atoms with Gasteiger partial charge in [0.05, 0.1) is 25.2 Å². The van der Waals surface area contributed by atoms with Crippen LogP contribution in [0.2, 0.25) is 0 Å². The zero-order valence-electron chi connectivity index (χ0n) is 27.5. The fraction of sp³-hybridized carbons (Fsp3) is 0.432. The highest BCUT2D eigenvalue weighted by Crippen LogP contribution is 2.48. The number of unbranched alkanes of at least 4 members (excludes halogenated alkanes) is 2. The molecule has 4 unspecified atom stereocenters. The summed E-state index contributed by atoms with van der Waals surface area (Å²) >= 11 is 0. The van der Waals surface area contributed by atoms with Crippen molar-refractivity contribution in [2.75, 3.05) is 24.4 Å². The standard InChI is InChI=1S/C37H46N2O6/c1-8-9-10-19-45-30-18-17-26(20-31(30)44-7)32-33(35(41)38-27-15-11-13-22(2)24(27)4)29(40)21-37(6,43)34(32)36(42)39-28-16-12-14-23(3)25(28)5/h11-18,20,32-34,43H,8-10,19,21H2,1-7H3,(H,38,41)(H,39,42). The lowest BCUT2D eigenvalue weighted by molar-refractivity contribution is -0.150. The highest BCUT2D eigenvalue weighted by Gasteiger charge is 2.56. The van der Waals surface area contributed by atoms with E-state index in [4.69, 9.17) is 9.47 Å². The normalized spacial score (nSPS) is 21.2. The topological polar surface area (TPSA) is 114 Å². The number of carbonyl (C=O) groups excluding carboxylic acids is 3. The van der Waals surface area contributed by atoms with Crippen molar-refractivity contribution in [2.45, 2.75) is 78.7 Å². The van der Waals surface area contributed by atoms with E-state index in [-0.39, 0.29) is 6.42 Å². The van der Waals surface area contributed by atoms with Crippen LogP contribution in [0.5, 0.6) is 11.5 Å². The van der Waals surface area contributed by atoms with Crippen LogP contribution in [0.4, 0.5) is 11.4 Å². The summed E-state index contributed by atoms with van der Waals surface area (Å²) in [7, 11) is 1.52. The van der Waals surface area contributed by atoms with Gasteiger partial charge in [-0.1, -0.05) is 50.1 Å². The number of hydrogen-bond acceptors (Lipinski definition) is 6. The van der Waals surface area contributed by atoms with Crippen LogP contribution in [0.15, 0.2) is 54.6 Å². The molecule has 0 aliphatic heterocycles. The molecule has 3 aromatic carbocycles. The molecule has 0 aromatic heterocycles. The maximum atomic E-state index is 14.2. The number of aryl methyl sites for hydroxylation is 2. The van der Waals surface area contributed by atoms with Crippen molar-refractivity contribution in [3.05, 3.63) is 82.4 Å². The number of amides is 2. The second-order valence-electron chi connectivity index (χ2n) is 12.4. The molecule has 240 valence electrons. The molecule has 1 aliphatic carbocycles. The van der Waals surface area contributed by atoms with E-state index in [9.17, 15) is 19.5 Å². The monoisotopic (exact) mass is 614 g/mol. The van der Waals surface area contributed by atoms with E-state index in [1.54, 1.807) is 30.3 Å². The van der Waals surface area contributed by atoms with E-state index >= 15 is 0 Å². The summed E-state index contributed by atoms with van der Waals surface area (Å²) in [5.41, 5.74) is 3.75. The Bertz CT molecular complexity index is 1560. The fourth-order valence-electron chi connectivity index (χ4n) is 6.23. The molecule has 3 aromatic rings. The van der Waals surface area contributed by atoms with E-state index in [2.05, 4.69) is 17.6 Å². The molecular formula is C37H46N2O6. The number of carbonyl (C=O) groups is 3. The first-order valence-corrected chi connectivity index (χ1v) is 15.7. The van der Waals surface area contributed by atoms with Gasteiger partial charge in [-0.05, 0) is 93.1 Å². The van der Waals surface area contributed by atoms with Crippen molar-refractivity contribution in [3.8, 4) is 11.5 Å². The fourth-order valence-corrected chi connectivity index (χ4v) is 6.23. The van der Waals surface area contributed by atoms with Crippen LogP contribution in [0.3, 0.4) is 0 Å². The van der Waals surface area contributed by atoms with Crippen LogP contribution in [-0.4, -0.2) is 42.0 Å². The quantitative estimate of drug-likeness (QED) is 0.161. The summed E-state index contributed by atoms with van der Waals surface area (Å²) in [5.74, 6) is -3.90. The molecular weight excluding hydrogens is 568 g/mol. The Kier molecular flexibility index (Phi) is 10.7. The van der Waals surface area contributed by atoms with Crippen LogP contribution < -0.4 is 20.1 Å². The van der Waals surface area contributed by atoms with E-state index in [0.717, 1.165) is 41.5 Å². The van der Waals surface area contributed by atoms with Crippen molar-refractivity contribution >= 4 is 29.0 Å². The average Bonchev–Trinajstić information content (AvgIpc) is 2.99. The highest BCUT2D eigenvalue weighted by molar-refractivity contribution is 6.10. The van der Waals surface area contributed by atoms with Crippen LogP contribution in [0.1, 0.15) is 73.3 Å². The van der Waals surface area contributed by atoms with Crippen LogP contribution in [0, 0.1) is 39.5 Å². The summed E-state index contributed by atoms with van der Waals surface area (Å²) in [6.07, 6.45) is 2.64. The van der Waals surface area contributed by atoms with Crippen LogP contribution in [-0.2, 0) is 14.4 Å². The Morgan fingerprint density at radius 2 is 1.49 bits per heavy atom. The third-order valence-corrected chi connectivity index (χ3v) is 9.14. The summed E-state index contributed by atoms with van der Waals surface area (Å²) in [6, 6.07) is 16.4. The van der Waals surface area contributed by atoms with E-state index in [1.165, 1.54) is 14.0 Å². The van der Waals surface area contributed by atoms with E-state index in [0.29, 0.717) is 35.0 Å². The number of ether oxygens (including phenoxy) is 2. The number of benzene rings is 3. The van der Waals surface area contributed by atoms with Gasteiger partial charge in [0.25, 0.3) is 0 Å². The predicted molar refractivity (Wildman–Crippen MR) is 177 cm³/mol. The first-order valence-electron chi connectivity index (χ1n) is 15.7. The van der Waals surface area contributed by atoms with Gasteiger partial charge in [-0.3, -0.25) is 14.4 Å². The summed E-state index contributed by atoms with van der Waals surface area (Å²) < 4.78 is 11.7. The minimum absolute atomic E-state index is 0.352. The number of rotatable bonds is 11. The molecule has 8 heteroatoms. The average molecular weight is 615 g/mol. The lowest BCUT2D eigenvalue weighted by Gasteiger charge is -2.44. The van der Waals surface area contributed by atoms with Crippen molar-refractivity contribution in [1.82, 2.24) is 0 Å². The molecule has 1 fully saturated rings. The zero-order valence-corrected chi connectivity index (χ0v) is 27.5. The molecule has 0 radical (unpaired) electrons. The minimum atomic E-state index is -1.73. The third-order valence-electron chi connectivity index (χ3n) is 9.14. The van der Waals surface area contributed by atoms with Gasteiger partial charge in [0.1, 0.15) is 11.7 Å². The molecule has 1 saturated carbocycles.